The molecule has 0 fully saturated rings. The lowest BCUT2D eigenvalue weighted by atomic mass is 10.1. The normalized spacial score (nSPS) is 13.2. The zero-order valence-corrected chi connectivity index (χ0v) is 15.9. The van der Waals surface area contributed by atoms with Gasteiger partial charge in [0.25, 0.3) is 0 Å². The molecule has 0 aliphatic carbocycles. The molecule has 140 valence electrons. The summed E-state index contributed by atoms with van der Waals surface area (Å²) in [7, 11) is 5.78. The van der Waals surface area contributed by atoms with Gasteiger partial charge in [-0.3, -0.25) is 4.79 Å². The molecule has 24 heavy (non-hydrogen) atoms. The molecule has 1 atom stereocenters. The van der Waals surface area contributed by atoms with Crippen LogP contribution < -0.4 is 5.11 Å². The summed E-state index contributed by atoms with van der Waals surface area (Å²) in [6.45, 7) is 2.65. The number of carbonyl (C=O) groups is 2. The minimum absolute atomic E-state index is 0.191. The van der Waals surface area contributed by atoms with Gasteiger partial charge in [-0.1, -0.05) is 51.2 Å². The van der Waals surface area contributed by atoms with Crippen LogP contribution in [0, 0.1) is 0 Å². The van der Waals surface area contributed by atoms with E-state index in [2.05, 4.69) is 6.92 Å². The van der Waals surface area contributed by atoms with Crippen LogP contribution in [-0.2, 0) is 14.3 Å². The molecule has 0 rings (SSSR count). The number of carboxylic acid groups (broad SMARTS) is 1. The van der Waals surface area contributed by atoms with Crippen LogP contribution in [0.1, 0.15) is 64.7 Å². The molecule has 0 heterocycles. The Hall–Kier alpha value is -1.36. The Bertz CT molecular complexity index is 385. The van der Waals surface area contributed by atoms with Crippen LogP contribution in [0.15, 0.2) is 12.2 Å². The number of esters is 1. The molecule has 0 aliphatic heterocycles. The van der Waals surface area contributed by atoms with Gasteiger partial charge in [0.1, 0.15) is 6.54 Å². The summed E-state index contributed by atoms with van der Waals surface area (Å²) in [5, 5.41) is 10.8. The first-order chi connectivity index (χ1) is 11.2. The van der Waals surface area contributed by atoms with E-state index in [1.807, 2.05) is 33.3 Å². The van der Waals surface area contributed by atoms with Crippen LogP contribution in [-0.4, -0.2) is 50.2 Å². The smallest absolute Gasteiger partial charge is 0.310 e. The van der Waals surface area contributed by atoms with Crippen molar-refractivity contribution in [2.24, 2.45) is 0 Å². The predicted molar refractivity (Wildman–Crippen MR) is 94.2 cm³/mol. The zero-order valence-electron chi connectivity index (χ0n) is 15.9. The van der Waals surface area contributed by atoms with E-state index in [-0.39, 0.29) is 18.8 Å². The van der Waals surface area contributed by atoms with Gasteiger partial charge in [-0.15, -0.1) is 0 Å². The topological polar surface area (TPSA) is 66.4 Å². The lowest BCUT2D eigenvalue weighted by molar-refractivity contribution is -0.873. The second kappa shape index (κ2) is 13.0. The van der Waals surface area contributed by atoms with Crippen molar-refractivity contribution in [3.05, 3.63) is 12.2 Å². The third-order valence-corrected chi connectivity index (χ3v) is 3.62. The number of hydrogen-bond acceptors (Lipinski definition) is 4. The average Bonchev–Trinajstić information content (AvgIpc) is 2.42. The molecule has 5 nitrogen and oxygen atoms in total. The van der Waals surface area contributed by atoms with Crippen LogP contribution in [0.2, 0.25) is 0 Å². The second-order valence-electron chi connectivity index (χ2n) is 7.39. The van der Waals surface area contributed by atoms with Crippen molar-refractivity contribution in [1.29, 1.82) is 0 Å². The van der Waals surface area contributed by atoms with Gasteiger partial charge in [-0.2, -0.15) is 0 Å². The number of aliphatic carboxylic acids is 1. The van der Waals surface area contributed by atoms with Crippen molar-refractivity contribution < 1.29 is 23.9 Å². The van der Waals surface area contributed by atoms with Crippen LogP contribution in [0.3, 0.4) is 0 Å². The highest BCUT2D eigenvalue weighted by Gasteiger charge is 2.21. The Morgan fingerprint density at radius 3 is 2.25 bits per heavy atom. The highest BCUT2D eigenvalue weighted by atomic mass is 16.5. The van der Waals surface area contributed by atoms with Gasteiger partial charge in [-0.25, -0.2) is 0 Å². The summed E-state index contributed by atoms with van der Waals surface area (Å²) in [5.41, 5.74) is 0. The fourth-order valence-corrected chi connectivity index (χ4v) is 2.51. The largest absolute Gasteiger partial charge is 0.550 e. The summed E-state index contributed by atoms with van der Waals surface area (Å²) >= 11 is 0. The number of nitrogens with zero attached hydrogens (tertiary/aromatic N) is 1. The number of ether oxygens (including phenoxy) is 1. The third kappa shape index (κ3) is 15.5. The molecule has 1 unspecified atom stereocenters. The predicted octanol–water partition coefficient (Wildman–Crippen LogP) is 2.44. The van der Waals surface area contributed by atoms with E-state index in [0.717, 1.165) is 12.8 Å². The highest BCUT2D eigenvalue weighted by Crippen LogP contribution is 2.08. The van der Waals surface area contributed by atoms with Gasteiger partial charge < -0.3 is 19.1 Å². The standard InChI is InChI=1S/C19H35NO4/c1-5-6-7-8-9-10-11-12-13-14-19(23)24-17(15-18(21)22)16-20(2,3)4/h12-13,17H,5-11,14-16H2,1-4H3/b13-12-. The first kappa shape index (κ1) is 22.6. The lowest BCUT2D eigenvalue weighted by Crippen LogP contribution is -2.45. The minimum atomic E-state index is -1.19. The molecular formula is C19H35NO4. The van der Waals surface area contributed by atoms with Gasteiger partial charge >= 0.3 is 5.97 Å². The van der Waals surface area contributed by atoms with Crippen LogP contribution >= 0.6 is 0 Å². The van der Waals surface area contributed by atoms with Crippen molar-refractivity contribution >= 4 is 11.9 Å². The number of rotatable bonds is 14. The Labute approximate surface area is 147 Å². The Kier molecular flexibility index (Phi) is 12.3. The maximum atomic E-state index is 11.8. The molecule has 0 aromatic carbocycles. The molecule has 0 aliphatic rings. The molecule has 0 spiro atoms. The van der Waals surface area contributed by atoms with Crippen molar-refractivity contribution in [3.8, 4) is 0 Å². The number of allylic oxidation sites excluding steroid dienone is 1. The van der Waals surface area contributed by atoms with E-state index >= 15 is 0 Å². The molecule has 0 saturated carbocycles. The molecule has 0 N–H and O–H groups in total. The Morgan fingerprint density at radius 1 is 1.04 bits per heavy atom. The molecule has 0 aromatic rings. The molecule has 0 radical (unpaired) electrons. The number of hydrogen-bond donors (Lipinski definition) is 0. The quantitative estimate of drug-likeness (QED) is 0.211. The van der Waals surface area contributed by atoms with E-state index < -0.39 is 12.1 Å². The fourth-order valence-electron chi connectivity index (χ4n) is 2.51. The van der Waals surface area contributed by atoms with Crippen LogP contribution in [0.25, 0.3) is 0 Å². The van der Waals surface area contributed by atoms with Gasteiger partial charge in [-0.05, 0) is 12.8 Å². The summed E-state index contributed by atoms with van der Waals surface area (Å²) in [4.78, 5) is 22.6. The van der Waals surface area contributed by atoms with Crippen LogP contribution in [0.4, 0.5) is 0 Å². The Balaban J connectivity index is 3.98. The number of unbranched alkanes of at least 4 members (excludes halogenated alkanes) is 6. The Morgan fingerprint density at radius 2 is 1.67 bits per heavy atom. The fraction of sp³-hybridized carbons (Fsp3) is 0.789. The van der Waals surface area contributed by atoms with E-state index in [1.165, 1.54) is 32.1 Å². The van der Waals surface area contributed by atoms with E-state index in [9.17, 15) is 14.7 Å². The molecule has 0 aromatic heterocycles. The first-order valence-electron chi connectivity index (χ1n) is 9.09. The SMILES string of the molecule is CCCCCCCC/C=C\CC(=O)OC(CC(=O)[O-])C[N+](C)(C)C. The van der Waals surface area contributed by atoms with Gasteiger partial charge in [0, 0.05) is 12.4 Å². The van der Waals surface area contributed by atoms with Gasteiger partial charge in [0.05, 0.1) is 27.6 Å². The van der Waals surface area contributed by atoms with Crippen molar-refractivity contribution in [2.75, 3.05) is 27.7 Å². The van der Waals surface area contributed by atoms with E-state index in [1.54, 1.807) is 0 Å². The van der Waals surface area contributed by atoms with E-state index in [4.69, 9.17) is 4.74 Å². The molecule has 0 bridgehead atoms. The zero-order chi connectivity index (χ0) is 18.4. The van der Waals surface area contributed by atoms with Gasteiger partial charge in [0.2, 0.25) is 0 Å². The summed E-state index contributed by atoms with van der Waals surface area (Å²) in [6, 6.07) is 0. The molecule has 0 amide bonds. The maximum Gasteiger partial charge on any atom is 0.310 e. The molecule has 0 saturated heterocycles. The summed E-state index contributed by atoms with van der Waals surface area (Å²) in [6.07, 6.45) is 11.6. The number of carboxylic acids is 1. The third-order valence-electron chi connectivity index (χ3n) is 3.62. The summed E-state index contributed by atoms with van der Waals surface area (Å²) < 4.78 is 5.81. The maximum absolute atomic E-state index is 11.8. The number of likely N-dealkylation sites (N-methyl/N-ethyl adjacent to an activating group) is 1. The average molecular weight is 341 g/mol. The number of carbonyl (C=O) groups excluding carboxylic acids is 2. The van der Waals surface area contributed by atoms with Crippen LogP contribution in [0.5, 0.6) is 0 Å². The van der Waals surface area contributed by atoms with Crippen molar-refractivity contribution in [1.82, 2.24) is 0 Å². The van der Waals surface area contributed by atoms with Gasteiger partial charge in [0.15, 0.2) is 6.10 Å². The first-order valence-corrected chi connectivity index (χ1v) is 9.09. The highest BCUT2D eigenvalue weighted by molar-refractivity contribution is 5.72. The van der Waals surface area contributed by atoms with Crippen molar-refractivity contribution in [2.45, 2.75) is 70.8 Å². The minimum Gasteiger partial charge on any atom is -0.550 e. The van der Waals surface area contributed by atoms with E-state index in [0.29, 0.717) is 11.0 Å². The second-order valence-corrected chi connectivity index (χ2v) is 7.39. The molecule has 5 heteroatoms. The lowest BCUT2D eigenvalue weighted by Gasteiger charge is -2.29. The van der Waals surface area contributed by atoms with Crippen molar-refractivity contribution in [3.63, 3.8) is 0 Å². The monoisotopic (exact) mass is 341 g/mol. The number of quaternary nitrogens is 1. The molecular weight excluding hydrogens is 306 g/mol. The summed E-state index contributed by atoms with van der Waals surface area (Å²) in [5.74, 6) is -1.58.